The average molecular weight is 354 g/mol. The highest BCUT2D eigenvalue weighted by atomic mass is 32.1. The molecule has 1 aromatic carbocycles. The van der Waals surface area contributed by atoms with Crippen LogP contribution in [0.1, 0.15) is 37.5 Å². The molecule has 0 radical (unpaired) electrons. The highest BCUT2D eigenvalue weighted by Gasteiger charge is 2.14. The van der Waals surface area contributed by atoms with Gasteiger partial charge in [-0.2, -0.15) is 0 Å². The first-order valence-electron chi connectivity index (χ1n) is 7.40. The second kappa shape index (κ2) is 7.14. The molecule has 2 amide bonds. The van der Waals surface area contributed by atoms with Crippen LogP contribution < -0.4 is 10.9 Å². The molecular weight excluding hydrogens is 340 g/mol. The Morgan fingerprint density at radius 2 is 1.64 bits per heavy atom. The highest BCUT2D eigenvalue weighted by molar-refractivity contribution is 7.12. The van der Waals surface area contributed by atoms with Crippen LogP contribution in [0.3, 0.4) is 0 Å². The van der Waals surface area contributed by atoms with Gasteiger partial charge in [0, 0.05) is 11.1 Å². The Morgan fingerprint density at radius 3 is 2.28 bits per heavy atom. The summed E-state index contributed by atoms with van der Waals surface area (Å²) >= 11 is 1.27. The molecule has 0 bridgehead atoms. The number of carbonyl (C=O) groups excluding carboxylic acids is 3. The molecule has 126 valence electrons. The molecule has 0 aliphatic rings. The second-order valence-electron chi connectivity index (χ2n) is 5.18. The zero-order valence-corrected chi connectivity index (χ0v) is 14.1. The van der Waals surface area contributed by atoms with E-state index in [9.17, 15) is 14.4 Å². The molecule has 2 heterocycles. The fourth-order valence-electron chi connectivity index (χ4n) is 2.13. The predicted octanol–water partition coefficient (Wildman–Crippen LogP) is 3.29. The summed E-state index contributed by atoms with van der Waals surface area (Å²) in [4.78, 5) is 35.6. The molecule has 0 aliphatic carbocycles. The second-order valence-corrected chi connectivity index (χ2v) is 6.13. The summed E-state index contributed by atoms with van der Waals surface area (Å²) < 4.78 is 5.51. The minimum Gasteiger partial charge on any atom is -0.451 e. The summed E-state index contributed by atoms with van der Waals surface area (Å²) in [5, 5.41) is 1.77. The van der Waals surface area contributed by atoms with Gasteiger partial charge in [-0.3, -0.25) is 25.2 Å². The quantitative estimate of drug-likeness (QED) is 0.556. The molecule has 2 N–H and O–H groups in total. The number of nitrogens with one attached hydrogen (secondary N) is 2. The summed E-state index contributed by atoms with van der Waals surface area (Å²) in [6.45, 7) is 1.49. The van der Waals surface area contributed by atoms with Crippen LogP contribution in [0.2, 0.25) is 0 Å². The lowest BCUT2D eigenvalue weighted by molar-refractivity contribution is 0.0833. The largest absolute Gasteiger partial charge is 0.451 e. The molecule has 3 aromatic rings. The van der Waals surface area contributed by atoms with Crippen molar-refractivity contribution in [2.75, 3.05) is 0 Å². The van der Waals surface area contributed by atoms with E-state index in [2.05, 4.69) is 10.9 Å². The highest BCUT2D eigenvalue weighted by Crippen LogP contribution is 2.22. The third kappa shape index (κ3) is 3.84. The molecule has 0 saturated carbocycles. The molecular formula is C18H14N2O4S. The van der Waals surface area contributed by atoms with E-state index in [-0.39, 0.29) is 11.5 Å². The van der Waals surface area contributed by atoms with Gasteiger partial charge in [-0.1, -0.05) is 30.3 Å². The summed E-state index contributed by atoms with van der Waals surface area (Å²) in [6.07, 6.45) is 0. The van der Waals surface area contributed by atoms with Gasteiger partial charge in [0.2, 0.25) is 0 Å². The minimum absolute atomic E-state index is 0.0208. The number of rotatable bonds is 4. The molecule has 6 nitrogen and oxygen atoms in total. The molecule has 0 unspecified atom stereocenters. The molecule has 0 aliphatic heterocycles. The van der Waals surface area contributed by atoms with E-state index in [1.807, 2.05) is 0 Å². The zero-order valence-electron chi connectivity index (χ0n) is 13.2. The smallest absolute Gasteiger partial charge is 0.305 e. The number of hydrogen-bond donors (Lipinski definition) is 2. The Morgan fingerprint density at radius 1 is 0.920 bits per heavy atom. The SMILES string of the molecule is CC(=O)c1ccc(-c2ccc(C(=O)NNC(=O)c3cccs3)o2)cc1. The van der Waals surface area contributed by atoms with Crippen molar-refractivity contribution < 1.29 is 18.8 Å². The maximum absolute atomic E-state index is 12.0. The van der Waals surface area contributed by atoms with E-state index in [1.54, 1.807) is 47.8 Å². The standard InChI is InChI=1S/C18H14N2O4S/c1-11(21)12-4-6-13(7-5-12)14-8-9-15(24-14)17(22)19-20-18(23)16-3-2-10-25-16/h2-10H,1H3,(H,19,22)(H,20,23). The number of amides is 2. The van der Waals surface area contributed by atoms with Gasteiger partial charge in [0.25, 0.3) is 5.91 Å². The Balaban J connectivity index is 1.65. The number of ketones is 1. The number of Topliss-reactive ketones (excluding diaryl/α,β-unsaturated/α-hetero) is 1. The average Bonchev–Trinajstić information content (AvgIpc) is 3.31. The van der Waals surface area contributed by atoms with Gasteiger partial charge < -0.3 is 4.42 Å². The molecule has 0 fully saturated rings. The van der Waals surface area contributed by atoms with Gasteiger partial charge in [-0.25, -0.2) is 0 Å². The minimum atomic E-state index is -0.559. The van der Waals surface area contributed by atoms with Gasteiger partial charge in [0.1, 0.15) is 5.76 Å². The van der Waals surface area contributed by atoms with Crippen LogP contribution in [-0.4, -0.2) is 17.6 Å². The van der Waals surface area contributed by atoms with Crippen LogP contribution in [0.4, 0.5) is 0 Å². The Bertz CT molecular complexity index is 911. The van der Waals surface area contributed by atoms with Gasteiger partial charge >= 0.3 is 5.91 Å². The zero-order chi connectivity index (χ0) is 17.8. The van der Waals surface area contributed by atoms with Crippen molar-refractivity contribution in [2.45, 2.75) is 6.92 Å². The molecule has 7 heteroatoms. The predicted molar refractivity (Wildman–Crippen MR) is 93.4 cm³/mol. The van der Waals surface area contributed by atoms with E-state index in [4.69, 9.17) is 4.42 Å². The maximum atomic E-state index is 12.0. The van der Waals surface area contributed by atoms with Crippen molar-refractivity contribution in [3.63, 3.8) is 0 Å². The van der Waals surface area contributed by atoms with Crippen molar-refractivity contribution in [3.05, 3.63) is 70.1 Å². The third-order valence-electron chi connectivity index (χ3n) is 3.44. The molecule has 25 heavy (non-hydrogen) atoms. The summed E-state index contributed by atoms with van der Waals surface area (Å²) in [7, 11) is 0. The van der Waals surface area contributed by atoms with E-state index in [0.29, 0.717) is 16.2 Å². The Labute approximate surface area is 147 Å². The topological polar surface area (TPSA) is 88.4 Å². The molecule has 0 saturated heterocycles. The first-order chi connectivity index (χ1) is 12.0. The number of hydrazine groups is 1. The maximum Gasteiger partial charge on any atom is 0.305 e. The van der Waals surface area contributed by atoms with Crippen LogP contribution in [0, 0.1) is 0 Å². The van der Waals surface area contributed by atoms with Gasteiger partial charge in [-0.05, 0) is 30.5 Å². The Kier molecular flexibility index (Phi) is 4.76. The molecule has 0 atom stereocenters. The van der Waals surface area contributed by atoms with Crippen LogP contribution in [0.15, 0.2) is 58.3 Å². The van der Waals surface area contributed by atoms with Crippen molar-refractivity contribution >= 4 is 28.9 Å². The van der Waals surface area contributed by atoms with Gasteiger partial charge in [-0.15, -0.1) is 11.3 Å². The van der Waals surface area contributed by atoms with Crippen molar-refractivity contribution in [1.82, 2.24) is 10.9 Å². The number of hydrogen-bond acceptors (Lipinski definition) is 5. The molecule has 2 aromatic heterocycles. The van der Waals surface area contributed by atoms with Crippen LogP contribution in [0.5, 0.6) is 0 Å². The number of furan rings is 1. The first-order valence-corrected chi connectivity index (χ1v) is 8.28. The van der Waals surface area contributed by atoms with Crippen molar-refractivity contribution in [3.8, 4) is 11.3 Å². The van der Waals surface area contributed by atoms with Crippen molar-refractivity contribution in [2.24, 2.45) is 0 Å². The third-order valence-corrected chi connectivity index (χ3v) is 4.31. The summed E-state index contributed by atoms with van der Waals surface area (Å²) in [5.41, 5.74) is 5.98. The molecule has 3 rings (SSSR count). The van der Waals surface area contributed by atoms with Crippen LogP contribution in [0.25, 0.3) is 11.3 Å². The lowest BCUT2D eigenvalue weighted by Crippen LogP contribution is -2.41. The van der Waals surface area contributed by atoms with E-state index < -0.39 is 11.8 Å². The normalized spacial score (nSPS) is 10.3. The van der Waals surface area contributed by atoms with Crippen LogP contribution >= 0.6 is 11.3 Å². The monoisotopic (exact) mass is 354 g/mol. The van der Waals surface area contributed by atoms with Crippen LogP contribution in [-0.2, 0) is 0 Å². The fraction of sp³-hybridized carbons (Fsp3) is 0.0556. The van der Waals surface area contributed by atoms with E-state index in [1.165, 1.54) is 24.3 Å². The Hall–Kier alpha value is -3.19. The van der Waals surface area contributed by atoms with Gasteiger partial charge in [0.05, 0.1) is 4.88 Å². The number of benzene rings is 1. The summed E-state index contributed by atoms with van der Waals surface area (Å²) in [6, 6.07) is 13.5. The molecule has 0 spiro atoms. The van der Waals surface area contributed by atoms with Crippen molar-refractivity contribution in [1.29, 1.82) is 0 Å². The number of thiophene rings is 1. The van der Waals surface area contributed by atoms with E-state index >= 15 is 0 Å². The number of carbonyl (C=O) groups is 3. The van der Waals surface area contributed by atoms with Gasteiger partial charge in [0.15, 0.2) is 11.5 Å². The fourth-order valence-corrected chi connectivity index (χ4v) is 2.75. The lowest BCUT2D eigenvalue weighted by Gasteiger charge is -2.04. The van der Waals surface area contributed by atoms with E-state index in [0.717, 1.165) is 5.56 Å². The lowest BCUT2D eigenvalue weighted by atomic mass is 10.1. The first kappa shape index (κ1) is 16.7. The summed E-state index contributed by atoms with van der Waals surface area (Å²) in [5.74, 6) is -0.416.